The molecule has 0 heterocycles. The normalized spacial score (nSPS) is 9.46. The Kier molecular flexibility index (Phi) is 15.2. The van der Waals surface area contributed by atoms with E-state index in [9.17, 15) is 0 Å². The topological polar surface area (TPSA) is 18.5 Å². The summed E-state index contributed by atoms with van der Waals surface area (Å²) in [5.74, 6) is 0. The predicted molar refractivity (Wildman–Crippen MR) is 60.7 cm³/mol. The zero-order valence-corrected chi connectivity index (χ0v) is 11.2. The Morgan fingerprint density at radius 1 is 0.923 bits per heavy atom. The highest BCUT2D eigenvalue weighted by Gasteiger charge is 2.05. The van der Waals surface area contributed by atoms with Gasteiger partial charge >= 0.3 is 0 Å². The summed E-state index contributed by atoms with van der Waals surface area (Å²) in [7, 11) is 3.21. The van der Waals surface area contributed by atoms with E-state index in [-0.39, 0.29) is 20.4 Å². The second-order valence-electron chi connectivity index (χ2n) is 3.13. The lowest BCUT2D eigenvalue weighted by Gasteiger charge is -2.03. The Morgan fingerprint density at radius 2 is 1.23 bits per heavy atom. The highest BCUT2D eigenvalue weighted by Crippen LogP contribution is 2.01. The summed E-state index contributed by atoms with van der Waals surface area (Å²) in [6.07, 6.45) is -0.0648. The second-order valence-corrected chi connectivity index (χ2v) is 7.31. The van der Waals surface area contributed by atoms with Gasteiger partial charge in [-0.15, -0.1) is 0 Å². The molecule has 0 aromatic heterocycles. The third-order valence-corrected chi connectivity index (χ3v) is 5.86. The summed E-state index contributed by atoms with van der Waals surface area (Å²) >= 11 is -0.171. The average molecular weight is 204 g/mol. The van der Waals surface area contributed by atoms with E-state index in [1.54, 1.807) is 14.2 Å². The molecule has 0 spiro atoms. The van der Waals surface area contributed by atoms with Crippen LogP contribution in [0.5, 0.6) is 0 Å². The molecule has 0 aromatic carbocycles. The lowest BCUT2D eigenvalue weighted by Crippen LogP contribution is -2.05. The summed E-state index contributed by atoms with van der Waals surface area (Å²) in [6, 6.07) is 0. The molecule has 13 heavy (non-hydrogen) atoms. The zero-order valence-electron chi connectivity index (χ0n) is 10.1. The molecule has 0 radical (unpaired) electrons. The molecule has 0 aliphatic heterocycles. The van der Waals surface area contributed by atoms with Gasteiger partial charge in [-0.05, 0) is 6.92 Å². The molecule has 0 fully saturated rings. The van der Waals surface area contributed by atoms with Gasteiger partial charge in [-0.1, -0.05) is 36.6 Å². The molecule has 0 rings (SSSR count). The summed E-state index contributed by atoms with van der Waals surface area (Å²) in [5, 5.41) is 4.48. The molecule has 0 saturated heterocycles. The largest absolute Gasteiger partial charge is 0.356 e. The van der Waals surface area contributed by atoms with Crippen molar-refractivity contribution >= 4 is 14.1 Å². The van der Waals surface area contributed by atoms with Gasteiger partial charge < -0.3 is 9.47 Å². The molecule has 0 amide bonds. The van der Waals surface area contributed by atoms with Crippen LogP contribution in [-0.4, -0.2) is 34.7 Å². The van der Waals surface area contributed by atoms with Crippen LogP contribution < -0.4 is 0 Å². The number of hydrogen-bond acceptors (Lipinski definition) is 2. The first-order chi connectivity index (χ1) is 6.15. The van der Waals surface area contributed by atoms with Gasteiger partial charge in [0.15, 0.2) is 6.29 Å². The second kappa shape index (κ2) is 12.5. The van der Waals surface area contributed by atoms with E-state index in [4.69, 9.17) is 0 Å². The van der Waals surface area contributed by atoms with Gasteiger partial charge in [0.2, 0.25) is 0 Å². The van der Waals surface area contributed by atoms with Crippen LogP contribution in [0.4, 0.5) is 0 Å². The number of ether oxygens (including phenoxy) is 2. The van der Waals surface area contributed by atoms with Gasteiger partial charge in [0.1, 0.15) is 0 Å². The van der Waals surface area contributed by atoms with Gasteiger partial charge in [0, 0.05) is 14.2 Å². The molecule has 3 heteroatoms. The fraction of sp³-hybridized carbons (Fsp3) is 1.00. The van der Waals surface area contributed by atoms with Crippen LogP contribution in [0.1, 0.15) is 27.7 Å². The van der Waals surface area contributed by atoms with Gasteiger partial charge in [0.25, 0.3) is 14.1 Å². The van der Waals surface area contributed by atoms with Gasteiger partial charge in [0.05, 0.1) is 0 Å². The van der Waals surface area contributed by atoms with Gasteiger partial charge in [-0.25, -0.2) is 0 Å². The van der Waals surface area contributed by atoms with Crippen molar-refractivity contribution in [3.8, 4) is 0 Å². The maximum Gasteiger partial charge on any atom is 0.261 e. The maximum atomic E-state index is 4.68. The Balaban J connectivity index is 0. The van der Waals surface area contributed by atoms with Crippen molar-refractivity contribution in [1.82, 2.24) is 0 Å². The van der Waals surface area contributed by atoms with E-state index in [1.165, 1.54) is 15.8 Å². The molecule has 0 unspecified atom stereocenters. The molecule has 80 valence electrons. The summed E-state index contributed by atoms with van der Waals surface area (Å²) in [6.45, 7) is 8.80. The monoisotopic (exact) mass is 204 g/mol. The van der Waals surface area contributed by atoms with Crippen molar-refractivity contribution in [2.75, 3.05) is 14.2 Å². The van der Waals surface area contributed by atoms with E-state index in [1.807, 2.05) is 6.92 Å². The van der Waals surface area contributed by atoms with Crippen molar-refractivity contribution in [2.45, 2.75) is 49.8 Å². The van der Waals surface area contributed by atoms with E-state index in [0.717, 1.165) is 0 Å². The predicted octanol–water partition coefficient (Wildman–Crippen LogP) is 3.17. The quantitative estimate of drug-likeness (QED) is 0.506. The van der Waals surface area contributed by atoms with Crippen LogP contribution in [0, 0.1) is 0 Å². The third kappa shape index (κ3) is 12.5. The first-order valence-corrected chi connectivity index (χ1v) is 7.66. The summed E-state index contributed by atoms with van der Waals surface area (Å²) in [5.41, 5.74) is 0. The fourth-order valence-electron chi connectivity index (χ4n) is 0.962. The number of rotatable bonds is 5. The average Bonchev–Trinajstić information content (AvgIpc) is 2.20. The molecule has 2 nitrogen and oxygen atoms in total. The van der Waals surface area contributed by atoms with Crippen LogP contribution in [0.3, 0.4) is 0 Å². The molecule has 0 aromatic rings. The Hall–Kier alpha value is 0.452. The van der Waals surface area contributed by atoms with Crippen LogP contribution in [0.15, 0.2) is 0 Å². The standard InChI is InChI=1S/C4H10O2.3C2H5.Al/c1-4(5-2)6-3;3*1-2;/h4H,1-3H3;3*1H2,2H3;. The lowest BCUT2D eigenvalue weighted by molar-refractivity contribution is -0.0877. The number of methoxy groups -OCH3 is 2. The molecule has 0 bridgehead atoms. The molecule has 0 N–H and O–H groups in total. The van der Waals surface area contributed by atoms with Crippen molar-refractivity contribution in [2.24, 2.45) is 0 Å². The Morgan fingerprint density at radius 3 is 1.23 bits per heavy atom. The lowest BCUT2D eigenvalue weighted by atomic mass is 10.8. The van der Waals surface area contributed by atoms with Crippen molar-refractivity contribution in [3.05, 3.63) is 0 Å². The maximum absolute atomic E-state index is 4.68. The van der Waals surface area contributed by atoms with Crippen LogP contribution >= 0.6 is 0 Å². The molecule has 0 aliphatic rings. The van der Waals surface area contributed by atoms with Crippen molar-refractivity contribution in [3.63, 3.8) is 0 Å². The van der Waals surface area contributed by atoms with Gasteiger partial charge in [-0.3, -0.25) is 0 Å². The first kappa shape index (κ1) is 15.9. The zero-order chi connectivity index (χ0) is 10.7. The highest BCUT2D eigenvalue weighted by molar-refractivity contribution is 6.58. The van der Waals surface area contributed by atoms with E-state index in [0.29, 0.717) is 0 Å². The first-order valence-electron chi connectivity index (χ1n) is 5.21. The smallest absolute Gasteiger partial charge is 0.261 e. The molecule has 0 atom stereocenters. The highest BCUT2D eigenvalue weighted by atomic mass is 27.2. The van der Waals surface area contributed by atoms with E-state index < -0.39 is 0 Å². The van der Waals surface area contributed by atoms with Crippen LogP contribution in [0.2, 0.25) is 15.8 Å². The molecule has 0 saturated carbocycles. The minimum Gasteiger partial charge on any atom is -0.356 e. The molecular weight excluding hydrogens is 179 g/mol. The van der Waals surface area contributed by atoms with Crippen LogP contribution in [0.25, 0.3) is 0 Å². The Bertz CT molecular complexity index is 75.5. The molecular formula is C10H25AlO2. The van der Waals surface area contributed by atoms with Crippen molar-refractivity contribution < 1.29 is 9.47 Å². The summed E-state index contributed by atoms with van der Waals surface area (Å²) < 4.78 is 9.35. The fourth-order valence-corrected chi connectivity index (χ4v) is 2.69. The van der Waals surface area contributed by atoms with Gasteiger partial charge in [-0.2, -0.15) is 0 Å². The minimum atomic E-state index is -0.171. The van der Waals surface area contributed by atoms with E-state index >= 15 is 0 Å². The van der Waals surface area contributed by atoms with E-state index in [2.05, 4.69) is 30.2 Å². The minimum absolute atomic E-state index is 0.0648. The van der Waals surface area contributed by atoms with Crippen LogP contribution in [-0.2, 0) is 9.47 Å². The summed E-state index contributed by atoms with van der Waals surface area (Å²) in [4.78, 5) is 0. The van der Waals surface area contributed by atoms with Crippen molar-refractivity contribution in [1.29, 1.82) is 0 Å². The number of hydrogen-bond donors (Lipinski definition) is 0. The third-order valence-electron chi connectivity index (χ3n) is 2.40. The molecule has 0 aliphatic carbocycles. The SMILES string of the molecule is COC(C)OC.C[CH2][Al]([CH2]C)[CH2]C. The Labute approximate surface area is 88.0 Å².